The number of nitrogens with two attached hydrogens (primary N) is 1. The van der Waals surface area contributed by atoms with E-state index >= 15 is 0 Å². The summed E-state index contributed by atoms with van der Waals surface area (Å²) in [4.78, 5) is 11.3. The highest BCUT2D eigenvalue weighted by atomic mass is 15.2. The Bertz CT molecular complexity index is 701. The SMILES string of the molecule is CCCN(CC)c1nc(C)nc(N)c1Nc1c(C)cc(C)cc1C. The van der Waals surface area contributed by atoms with Crippen LogP contribution in [0.3, 0.4) is 0 Å². The van der Waals surface area contributed by atoms with Gasteiger partial charge in [-0.05, 0) is 52.2 Å². The van der Waals surface area contributed by atoms with Gasteiger partial charge < -0.3 is 16.0 Å². The Morgan fingerprint density at radius 1 is 1.00 bits per heavy atom. The highest BCUT2D eigenvalue weighted by Crippen LogP contribution is 2.34. The lowest BCUT2D eigenvalue weighted by Gasteiger charge is -2.26. The van der Waals surface area contributed by atoms with Crippen molar-refractivity contribution in [3.8, 4) is 0 Å². The number of nitrogens with zero attached hydrogens (tertiary/aromatic N) is 3. The second-order valence-corrected chi connectivity index (χ2v) is 6.33. The summed E-state index contributed by atoms with van der Waals surface area (Å²) in [5.74, 6) is 2.06. The molecule has 1 heterocycles. The van der Waals surface area contributed by atoms with E-state index in [1.807, 2.05) is 6.92 Å². The molecule has 2 rings (SSSR count). The average Bonchev–Trinajstić information content (AvgIpc) is 2.49. The van der Waals surface area contributed by atoms with Gasteiger partial charge in [-0.1, -0.05) is 24.6 Å². The Labute approximate surface area is 145 Å². The average molecular weight is 327 g/mol. The molecule has 1 aromatic carbocycles. The molecule has 3 N–H and O–H groups in total. The molecule has 0 aliphatic heterocycles. The van der Waals surface area contributed by atoms with Crippen LogP contribution >= 0.6 is 0 Å². The van der Waals surface area contributed by atoms with Gasteiger partial charge in [0.25, 0.3) is 0 Å². The van der Waals surface area contributed by atoms with Crippen LogP contribution < -0.4 is 16.0 Å². The third-order valence-electron chi connectivity index (χ3n) is 4.13. The van der Waals surface area contributed by atoms with E-state index < -0.39 is 0 Å². The Kier molecular flexibility index (Phi) is 5.65. The summed E-state index contributed by atoms with van der Waals surface area (Å²) >= 11 is 0. The number of hydrogen-bond acceptors (Lipinski definition) is 5. The monoisotopic (exact) mass is 327 g/mol. The quantitative estimate of drug-likeness (QED) is 0.829. The maximum Gasteiger partial charge on any atom is 0.158 e. The third-order valence-corrected chi connectivity index (χ3v) is 4.13. The Morgan fingerprint density at radius 2 is 1.62 bits per heavy atom. The first-order valence-electron chi connectivity index (χ1n) is 8.61. The van der Waals surface area contributed by atoms with Gasteiger partial charge in [0.1, 0.15) is 11.5 Å². The van der Waals surface area contributed by atoms with Gasteiger partial charge in [-0.3, -0.25) is 0 Å². The van der Waals surface area contributed by atoms with Crippen LogP contribution in [0.15, 0.2) is 12.1 Å². The molecule has 1 aromatic heterocycles. The summed E-state index contributed by atoms with van der Waals surface area (Å²) in [6, 6.07) is 4.34. The minimum Gasteiger partial charge on any atom is -0.382 e. The molecule has 24 heavy (non-hydrogen) atoms. The number of rotatable bonds is 6. The number of aryl methyl sites for hydroxylation is 4. The largest absolute Gasteiger partial charge is 0.382 e. The van der Waals surface area contributed by atoms with E-state index in [1.165, 1.54) is 16.7 Å². The number of aromatic nitrogens is 2. The third kappa shape index (κ3) is 3.78. The molecule has 0 aliphatic rings. The van der Waals surface area contributed by atoms with Crippen molar-refractivity contribution in [3.63, 3.8) is 0 Å². The maximum atomic E-state index is 6.25. The van der Waals surface area contributed by atoms with Crippen molar-refractivity contribution in [2.45, 2.75) is 48.0 Å². The minimum atomic E-state index is 0.492. The summed E-state index contributed by atoms with van der Waals surface area (Å²) in [5.41, 5.74) is 11.8. The van der Waals surface area contributed by atoms with Crippen LogP contribution in [0, 0.1) is 27.7 Å². The van der Waals surface area contributed by atoms with Crippen molar-refractivity contribution < 1.29 is 0 Å². The van der Waals surface area contributed by atoms with Crippen LogP contribution in [-0.4, -0.2) is 23.1 Å². The molecule has 0 radical (unpaired) electrons. The predicted octanol–water partition coefficient (Wildman–Crippen LogP) is 4.27. The fourth-order valence-electron chi connectivity index (χ4n) is 3.11. The van der Waals surface area contributed by atoms with Crippen molar-refractivity contribution in [1.29, 1.82) is 0 Å². The summed E-state index contributed by atoms with van der Waals surface area (Å²) < 4.78 is 0. The standard InChI is InChI=1S/C19H29N5/c1-7-9-24(8-2)19-17(18(20)21-15(6)22-19)23-16-13(4)10-12(3)11-14(16)5/h10-11,23H,7-9H2,1-6H3,(H2,20,21,22). The molecule has 5 heteroatoms. The van der Waals surface area contributed by atoms with Gasteiger partial charge in [-0.25, -0.2) is 9.97 Å². The molecule has 0 spiro atoms. The molecule has 0 saturated heterocycles. The molecule has 2 aromatic rings. The summed E-state index contributed by atoms with van der Waals surface area (Å²) in [7, 11) is 0. The molecular weight excluding hydrogens is 298 g/mol. The van der Waals surface area contributed by atoms with E-state index in [0.29, 0.717) is 11.6 Å². The van der Waals surface area contributed by atoms with E-state index in [-0.39, 0.29) is 0 Å². The van der Waals surface area contributed by atoms with Crippen molar-refractivity contribution in [1.82, 2.24) is 9.97 Å². The van der Waals surface area contributed by atoms with E-state index in [1.54, 1.807) is 0 Å². The van der Waals surface area contributed by atoms with Gasteiger partial charge in [0, 0.05) is 18.8 Å². The Balaban J connectivity index is 2.54. The molecule has 5 nitrogen and oxygen atoms in total. The zero-order valence-electron chi connectivity index (χ0n) is 15.7. The van der Waals surface area contributed by atoms with Gasteiger partial charge in [0.05, 0.1) is 0 Å². The first-order chi connectivity index (χ1) is 11.4. The van der Waals surface area contributed by atoms with Gasteiger partial charge in [-0.15, -0.1) is 0 Å². The first kappa shape index (κ1) is 18.0. The lowest BCUT2D eigenvalue weighted by molar-refractivity contribution is 0.774. The van der Waals surface area contributed by atoms with Crippen LogP contribution in [-0.2, 0) is 0 Å². The number of hydrogen-bond donors (Lipinski definition) is 2. The highest BCUT2D eigenvalue weighted by Gasteiger charge is 2.18. The molecule has 0 fully saturated rings. The van der Waals surface area contributed by atoms with Gasteiger partial charge in [0.15, 0.2) is 11.6 Å². The van der Waals surface area contributed by atoms with Crippen molar-refractivity contribution in [3.05, 3.63) is 34.6 Å². The molecule has 0 bridgehead atoms. The Morgan fingerprint density at radius 3 is 2.17 bits per heavy atom. The molecule has 0 amide bonds. The molecule has 130 valence electrons. The lowest BCUT2D eigenvalue weighted by atomic mass is 10.0. The summed E-state index contributed by atoms with van der Waals surface area (Å²) in [6.45, 7) is 14.3. The minimum absolute atomic E-state index is 0.492. The summed E-state index contributed by atoms with van der Waals surface area (Å²) in [5, 5.41) is 3.51. The number of nitrogen functional groups attached to an aromatic ring is 1. The van der Waals surface area contributed by atoms with E-state index in [4.69, 9.17) is 5.73 Å². The fraction of sp³-hybridized carbons (Fsp3) is 0.474. The second kappa shape index (κ2) is 7.51. The Hall–Kier alpha value is -2.30. The number of nitrogens with one attached hydrogen (secondary N) is 1. The van der Waals surface area contributed by atoms with Crippen LogP contribution in [0.1, 0.15) is 42.8 Å². The normalized spacial score (nSPS) is 10.8. The molecule has 0 atom stereocenters. The molecule has 0 aliphatic carbocycles. The smallest absolute Gasteiger partial charge is 0.158 e. The lowest BCUT2D eigenvalue weighted by Crippen LogP contribution is -2.26. The van der Waals surface area contributed by atoms with Gasteiger partial charge in [0.2, 0.25) is 0 Å². The predicted molar refractivity (Wildman–Crippen MR) is 103 cm³/mol. The van der Waals surface area contributed by atoms with Gasteiger partial charge >= 0.3 is 0 Å². The van der Waals surface area contributed by atoms with Crippen molar-refractivity contribution >= 4 is 23.0 Å². The number of benzene rings is 1. The zero-order valence-corrected chi connectivity index (χ0v) is 15.7. The van der Waals surface area contributed by atoms with E-state index in [2.05, 4.69) is 66.9 Å². The highest BCUT2D eigenvalue weighted by molar-refractivity contribution is 5.83. The van der Waals surface area contributed by atoms with Crippen LogP contribution in [0.2, 0.25) is 0 Å². The molecule has 0 unspecified atom stereocenters. The second-order valence-electron chi connectivity index (χ2n) is 6.33. The van der Waals surface area contributed by atoms with Crippen LogP contribution in [0.5, 0.6) is 0 Å². The number of anilines is 4. The van der Waals surface area contributed by atoms with Crippen LogP contribution in [0.4, 0.5) is 23.0 Å². The van der Waals surface area contributed by atoms with Gasteiger partial charge in [-0.2, -0.15) is 0 Å². The maximum absolute atomic E-state index is 6.25. The molecule has 0 saturated carbocycles. The first-order valence-corrected chi connectivity index (χ1v) is 8.61. The van der Waals surface area contributed by atoms with Crippen molar-refractivity contribution in [2.24, 2.45) is 0 Å². The zero-order chi connectivity index (χ0) is 17.9. The van der Waals surface area contributed by atoms with E-state index in [9.17, 15) is 0 Å². The van der Waals surface area contributed by atoms with Crippen molar-refractivity contribution in [2.75, 3.05) is 29.0 Å². The van der Waals surface area contributed by atoms with Crippen LogP contribution in [0.25, 0.3) is 0 Å². The summed E-state index contributed by atoms with van der Waals surface area (Å²) in [6.07, 6.45) is 1.05. The molecular formula is C19H29N5. The van der Waals surface area contributed by atoms with E-state index in [0.717, 1.165) is 36.7 Å². The topological polar surface area (TPSA) is 67.1 Å². The fourth-order valence-corrected chi connectivity index (χ4v) is 3.11.